The summed E-state index contributed by atoms with van der Waals surface area (Å²) in [5.41, 5.74) is 4.13. The number of hydrogen-bond acceptors (Lipinski definition) is 2. The van der Waals surface area contributed by atoms with Gasteiger partial charge in [0.25, 0.3) is 0 Å². The largest absolute Gasteiger partial charge is 0.416 e. The van der Waals surface area contributed by atoms with E-state index >= 15 is 0 Å². The summed E-state index contributed by atoms with van der Waals surface area (Å²) < 4.78 is 50.4. The lowest BCUT2D eigenvalue weighted by Gasteiger charge is -2.08. The van der Waals surface area contributed by atoms with Gasteiger partial charge in [0.2, 0.25) is 0 Å². The number of aromatic nitrogens is 1. The van der Waals surface area contributed by atoms with Crippen molar-refractivity contribution in [3.05, 3.63) is 35.8 Å². The number of hydrogen-bond donors (Lipinski definition) is 1. The van der Waals surface area contributed by atoms with E-state index in [-0.39, 0.29) is 16.6 Å². The molecule has 0 unspecified atom stereocenters. The van der Waals surface area contributed by atoms with Crippen LogP contribution in [-0.2, 0) is 6.18 Å². The number of pyridine rings is 1. The maximum atomic E-state index is 13.4. The fourth-order valence-electron chi connectivity index (χ4n) is 1.35. The number of halogens is 4. The minimum atomic E-state index is -4.46. The van der Waals surface area contributed by atoms with E-state index < -0.39 is 17.6 Å². The molecule has 84 valence electrons. The Bertz CT molecular complexity index is 548. The molecular weight excluding hydrogens is 224 g/mol. The first-order valence-electron chi connectivity index (χ1n) is 4.30. The summed E-state index contributed by atoms with van der Waals surface area (Å²) in [4.78, 5) is 3.65. The van der Waals surface area contributed by atoms with Gasteiger partial charge in [-0.15, -0.1) is 0 Å². The molecule has 2 aromatic rings. The van der Waals surface area contributed by atoms with Gasteiger partial charge < -0.3 is 5.73 Å². The molecule has 0 bridgehead atoms. The van der Waals surface area contributed by atoms with Crippen LogP contribution in [0.25, 0.3) is 10.9 Å². The number of fused-ring (bicyclic) bond motifs is 1. The smallest absolute Gasteiger partial charge is 0.395 e. The molecule has 0 saturated carbocycles. The predicted octanol–water partition coefficient (Wildman–Crippen LogP) is 2.97. The highest BCUT2D eigenvalue weighted by Gasteiger charge is 2.30. The molecule has 0 fully saturated rings. The van der Waals surface area contributed by atoms with Crippen LogP contribution in [0.3, 0.4) is 0 Å². The number of benzene rings is 1. The molecule has 0 aliphatic rings. The summed E-state index contributed by atoms with van der Waals surface area (Å²) >= 11 is 0. The molecule has 0 atom stereocenters. The summed E-state index contributed by atoms with van der Waals surface area (Å²) in [5.74, 6) is -0.751. The van der Waals surface area contributed by atoms with Crippen LogP contribution >= 0.6 is 0 Å². The van der Waals surface area contributed by atoms with Crippen molar-refractivity contribution in [1.29, 1.82) is 0 Å². The molecule has 1 heterocycles. The van der Waals surface area contributed by atoms with Crippen LogP contribution in [0.2, 0.25) is 0 Å². The topological polar surface area (TPSA) is 38.9 Å². The van der Waals surface area contributed by atoms with Gasteiger partial charge in [0.05, 0.1) is 23.0 Å². The second-order valence-corrected chi connectivity index (χ2v) is 3.26. The van der Waals surface area contributed by atoms with E-state index in [1.54, 1.807) is 0 Å². The summed E-state index contributed by atoms with van der Waals surface area (Å²) in [6.45, 7) is 0. The first kappa shape index (κ1) is 10.7. The molecule has 0 radical (unpaired) electrons. The molecule has 2 nitrogen and oxygen atoms in total. The summed E-state index contributed by atoms with van der Waals surface area (Å²) in [6, 6.07) is 2.61. The zero-order chi connectivity index (χ0) is 11.9. The average Bonchev–Trinajstić information content (AvgIpc) is 2.22. The number of nitrogens with two attached hydrogens (primary N) is 1. The Morgan fingerprint density at radius 2 is 1.88 bits per heavy atom. The third-order valence-electron chi connectivity index (χ3n) is 2.16. The third kappa shape index (κ3) is 1.66. The molecule has 1 aromatic carbocycles. The van der Waals surface area contributed by atoms with Crippen LogP contribution < -0.4 is 5.73 Å². The zero-order valence-corrected chi connectivity index (χ0v) is 7.85. The summed E-state index contributed by atoms with van der Waals surface area (Å²) in [5, 5.41) is -0.0204. The minimum Gasteiger partial charge on any atom is -0.395 e. The lowest BCUT2D eigenvalue weighted by Crippen LogP contribution is -2.05. The first-order valence-corrected chi connectivity index (χ1v) is 4.30. The number of nitrogen functional groups attached to an aromatic ring is 1. The van der Waals surface area contributed by atoms with Gasteiger partial charge in [-0.3, -0.25) is 4.98 Å². The second kappa shape index (κ2) is 3.33. The molecule has 6 heteroatoms. The van der Waals surface area contributed by atoms with Crippen molar-refractivity contribution < 1.29 is 17.6 Å². The fourth-order valence-corrected chi connectivity index (χ4v) is 1.35. The molecule has 0 aliphatic carbocycles. The maximum Gasteiger partial charge on any atom is 0.416 e. The molecule has 2 rings (SSSR count). The molecule has 2 N–H and O–H groups in total. The van der Waals surface area contributed by atoms with Gasteiger partial charge in [-0.25, -0.2) is 4.39 Å². The first-order chi connectivity index (χ1) is 7.39. The van der Waals surface area contributed by atoms with E-state index in [0.29, 0.717) is 0 Å². The van der Waals surface area contributed by atoms with Gasteiger partial charge in [0.15, 0.2) is 5.82 Å². The predicted molar refractivity (Wildman–Crippen MR) is 51.1 cm³/mol. The Morgan fingerprint density at radius 3 is 2.50 bits per heavy atom. The van der Waals surface area contributed by atoms with Crippen LogP contribution in [0.4, 0.5) is 23.2 Å². The monoisotopic (exact) mass is 230 g/mol. The van der Waals surface area contributed by atoms with Crippen molar-refractivity contribution in [3.8, 4) is 0 Å². The Morgan fingerprint density at radius 1 is 1.19 bits per heavy atom. The SMILES string of the molecule is Nc1cnc2cc(C(F)(F)F)ccc2c1F. The standard InChI is InChI=1S/C10H6F4N2/c11-9-6-2-1-5(10(12,13)14)3-8(6)16-4-7(9)15/h1-4H,15H2. The van der Waals surface area contributed by atoms with E-state index in [4.69, 9.17) is 5.73 Å². The highest BCUT2D eigenvalue weighted by molar-refractivity contribution is 5.82. The fraction of sp³-hybridized carbons (Fsp3) is 0.100. The minimum absolute atomic E-state index is 0.0204. The van der Waals surface area contributed by atoms with Crippen molar-refractivity contribution >= 4 is 16.6 Å². The van der Waals surface area contributed by atoms with Gasteiger partial charge >= 0.3 is 6.18 Å². The summed E-state index contributed by atoms with van der Waals surface area (Å²) in [7, 11) is 0. The zero-order valence-electron chi connectivity index (χ0n) is 7.85. The molecular formula is C10H6F4N2. The Kier molecular flexibility index (Phi) is 2.22. The van der Waals surface area contributed by atoms with Crippen molar-refractivity contribution in [1.82, 2.24) is 4.98 Å². The van der Waals surface area contributed by atoms with Gasteiger partial charge in [0, 0.05) is 5.39 Å². The lowest BCUT2D eigenvalue weighted by molar-refractivity contribution is -0.137. The van der Waals surface area contributed by atoms with Crippen LogP contribution in [0.15, 0.2) is 24.4 Å². The second-order valence-electron chi connectivity index (χ2n) is 3.26. The normalized spacial score (nSPS) is 12.0. The quantitative estimate of drug-likeness (QED) is 0.706. The average molecular weight is 230 g/mol. The van der Waals surface area contributed by atoms with Crippen molar-refractivity contribution in [2.45, 2.75) is 6.18 Å². The van der Waals surface area contributed by atoms with Gasteiger partial charge in [-0.1, -0.05) is 0 Å². The van der Waals surface area contributed by atoms with E-state index in [1.165, 1.54) is 0 Å². The molecule has 0 aliphatic heterocycles. The third-order valence-corrected chi connectivity index (χ3v) is 2.16. The van der Waals surface area contributed by atoms with E-state index in [9.17, 15) is 17.6 Å². The van der Waals surface area contributed by atoms with Gasteiger partial charge in [-0.05, 0) is 18.2 Å². The Balaban J connectivity index is 2.70. The van der Waals surface area contributed by atoms with Crippen molar-refractivity contribution in [3.63, 3.8) is 0 Å². The highest BCUT2D eigenvalue weighted by atomic mass is 19.4. The van der Waals surface area contributed by atoms with Crippen LogP contribution in [0, 0.1) is 5.82 Å². The van der Waals surface area contributed by atoms with Gasteiger partial charge in [-0.2, -0.15) is 13.2 Å². The maximum absolute atomic E-state index is 13.4. The number of rotatable bonds is 0. The molecule has 0 spiro atoms. The Labute approximate surface area is 87.7 Å². The summed E-state index contributed by atoms with van der Waals surface area (Å²) in [6.07, 6.45) is -3.47. The van der Waals surface area contributed by atoms with E-state index in [1.807, 2.05) is 0 Å². The van der Waals surface area contributed by atoms with E-state index in [2.05, 4.69) is 4.98 Å². The number of alkyl halides is 3. The van der Waals surface area contributed by atoms with Crippen LogP contribution in [-0.4, -0.2) is 4.98 Å². The van der Waals surface area contributed by atoms with Crippen LogP contribution in [0.1, 0.15) is 5.56 Å². The molecule has 1 aromatic heterocycles. The number of nitrogens with zero attached hydrogens (tertiary/aromatic N) is 1. The molecule has 16 heavy (non-hydrogen) atoms. The Hall–Kier alpha value is -1.85. The lowest BCUT2D eigenvalue weighted by atomic mass is 10.1. The van der Waals surface area contributed by atoms with Crippen molar-refractivity contribution in [2.75, 3.05) is 5.73 Å². The van der Waals surface area contributed by atoms with Crippen LogP contribution in [0.5, 0.6) is 0 Å². The highest BCUT2D eigenvalue weighted by Crippen LogP contribution is 2.31. The van der Waals surface area contributed by atoms with E-state index in [0.717, 1.165) is 24.4 Å². The molecule has 0 amide bonds. The van der Waals surface area contributed by atoms with Gasteiger partial charge in [0.1, 0.15) is 0 Å². The number of anilines is 1. The molecule has 0 saturated heterocycles. The van der Waals surface area contributed by atoms with Crippen molar-refractivity contribution in [2.24, 2.45) is 0 Å².